The van der Waals surface area contributed by atoms with Gasteiger partial charge in [-0.3, -0.25) is 0 Å². The van der Waals surface area contributed by atoms with Gasteiger partial charge >= 0.3 is 0 Å². The SMILES string of the molecule is Cc1ccccc1NC1(C#N)CCC(C)(C)C1. The molecule has 2 rings (SSSR count). The van der Waals surface area contributed by atoms with Gasteiger partial charge in [-0.2, -0.15) is 5.26 Å². The minimum atomic E-state index is -0.379. The van der Waals surface area contributed by atoms with E-state index in [9.17, 15) is 5.26 Å². The first-order valence-electron chi connectivity index (χ1n) is 6.22. The molecule has 0 amide bonds. The van der Waals surface area contributed by atoms with Crippen LogP contribution in [0.1, 0.15) is 38.7 Å². The van der Waals surface area contributed by atoms with Gasteiger partial charge in [0, 0.05) is 5.69 Å². The third-order valence-electron chi connectivity index (χ3n) is 3.74. The van der Waals surface area contributed by atoms with Gasteiger partial charge in [0.05, 0.1) is 6.07 Å². The lowest BCUT2D eigenvalue weighted by Gasteiger charge is -2.27. The van der Waals surface area contributed by atoms with Gasteiger partial charge in [0.25, 0.3) is 0 Å². The largest absolute Gasteiger partial charge is 0.367 e. The zero-order valence-corrected chi connectivity index (χ0v) is 10.9. The van der Waals surface area contributed by atoms with Crippen LogP contribution < -0.4 is 5.32 Å². The number of para-hydroxylation sites is 1. The molecule has 17 heavy (non-hydrogen) atoms. The van der Waals surface area contributed by atoms with Gasteiger partial charge in [-0.15, -0.1) is 0 Å². The smallest absolute Gasteiger partial charge is 0.125 e. The van der Waals surface area contributed by atoms with Gasteiger partial charge in [-0.05, 0) is 43.2 Å². The number of rotatable bonds is 2. The van der Waals surface area contributed by atoms with E-state index in [0.717, 1.165) is 24.9 Å². The van der Waals surface area contributed by atoms with Crippen LogP contribution >= 0.6 is 0 Å². The van der Waals surface area contributed by atoms with E-state index in [1.54, 1.807) is 0 Å². The number of anilines is 1. The Hall–Kier alpha value is -1.49. The van der Waals surface area contributed by atoms with Crippen molar-refractivity contribution < 1.29 is 0 Å². The van der Waals surface area contributed by atoms with E-state index in [2.05, 4.69) is 44.3 Å². The number of nitrogens with zero attached hydrogens (tertiary/aromatic N) is 1. The highest BCUT2D eigenvalue weighted by Crippen LogP contribution is 2.45. The quantitative estimate of drug-likeness (QED) is 0.833. The standard InChI is InChI=1S/C15H20N2/c1-12-6-4-5-7-13(12)17-15(11-16)9-8-14(2,3)10-15/h4-7,17H,8-10H2,1-3H3. The Labute approximate surface area is 104 Å². The molecule has 0 radical (unpaired) electrons. The van der Waals surface area contributed by atoms with Crippen LogP contribution in [0.25, 0.3) is 0 Å². The minimum absolute atomic E-state index is 0.269. The van der Waals surface area contributed by atoms with Crippen LogP contribution in [0.4, 0.5) is 5.69 Å². The lowest BCUT2D eigenvalue weighted by molar-refractivity contribution is 0.368. The summed E-state index contributed by atoms with van der Waals surface area (Å²) in [6.07, 6.45) is 2.97. The van der Waals surface area contributed by atoms with Crippen molar-refractivity contribution in [2.45, 2.75) is 45.6 Å². The average molecular weight is 228 g/mol. The monoisotopic (exact) mass is 228 g/mol. The molecule has 0 saturated heterocycles. The van der Waals surface area contributed by atoms with E-state index in [1.165, 1.54) is 5.56 Å². The lowest BCUT2D eigenvalue weighted by atomic mass is 9.88. The summed E-state index contributed by atoms with van der Waals surface area (Å²) >= 11 is 0. The van der Waals surface area contributed by atoms with Crippen molar-refractivity contribution in [3.8, 4) is 6.07 Å². The summed E-state index contributed by atoms with van der Waals surface area (Å²) in [5.41, 5.74) is 2.18. The molecular formula is C15H20N2. The van der Waals surface area contributed by atoms with E-state index < -0.39 is 0 Å². The number of nitriles is 1. The maximum atomic E-state index is 9.49. The first kappa shape index (κ1) is 12.0. The van der Waals surface area contributed by atoms with Crippen LogP contribution in [0.5, 0.6) is 0 Å². The first-order chi connectivity index (χ1) is 7.96. The highest BCUT2D eigenvalue weighted by molar-refractivity contribution is 5.54. The Balaban J connectivity index is 2.23. The lowest BCUT2D eigenvalue weighted by Crippen LogP contribution is -2.34. The fraction of sp³-hybridized carbons (Fsp3) is 0.533. The summed E-state index contributed by atoms with van der Waals surface area (Å²) in [6, 6.07) is 10.7. The second kappa shape index (κ2) is 4.07. The fourth-order valence-corrected chi connectivity index (χ4v) is 2.75. The van der Waals surface area contributed by atoms with Gasteiger partial charge in [-0.25, -0.2) is 0 Å². The Morgan fingerprint density at radius 2 is 1.94 bits per heavy atom. The van der Waals surface area contributed by atoms with Gasteiger partial charge in [-0.1, -0.05) is 32.0 Å². The molecule has 1 unspecified atom stereocenters. The molecule has 0 aromatic heterocycles. The molecule has 1 N–H and O–H groups in total. The normalized spacial score (nSPS) is 26.5. The van der Waals surface area contributed by atoms with E-state index in [-0.39, 0.29) is 11.0 Å². The van der Waals surface area contributed by atoms with Crippen molar-refractivity contribution in [3.05, 3.63) is 29.8 Å². The minimum Gasteiger partial charge on any atom is -0.367 e. The topological polar surface area (TPSA) is 35.8 Å². The second-order valence-corrected chi connectivity index (χ2v) is 5.97. The van der Waals surface area contributed by atoms with E-state index in [0.29, 0.717) is 0 Å². The summed E-state index contributed by atoms with van der Waals surface area (Å²) in [6.45, 7) is 6.56. The predicted octanol–water partition coefficient (Wildman–Crippen LogP) is 3.88. The van der Waals surface area contributed by atoms with Gasteiger partial charge in [0.2, 0.25) is 0 Å². The number of hydrogen-bond acceptors (Lipinski definition) is 2. The maximum absolute atomic E-state index is 9.49. The summed E-state index contributed by atoms with van der Waals surface area (Å²) in [5.74, 6) is 0. The number of benzene rings is 1. The highest BCUT2D eigenvalue weighted by atomic mass is 15.0. The van der Waals surface area contributed by atoms with Crippen molar-refractivity contribution in [3.63, 3.8) is 0 Å². The Kier molecular flexibility index (Phi) is 2.87. The third kappa shape index (κ3) is 2.44. The van der Waals surface area contributed by atoms with Crippen molar-refractivity contribution in [2.24, 2.45) is 5.41 Å². The Morgan fingerprint density at radius 3 is 2.47 bits per heavy atom. The molecule has 1 aliphatic rings. The van der Waals surface area contributed by atoms with E-state index in [4.69, 9.17) is 0 Å². The number of hydrogen-bond donors (Lipinski definition) is 1. The number of nitrogens with one attached hydrogen (secondary N) is 1. The van der Waals surface area contributed by atoms with Gasteiger partial charge < -0.3 is 5.32 Å². The third-order valence-corrected chi connectivity index (χ3v) is 3.74. The molecule has 1 aromatic rings. The van der Waals surface area contributed by atoms with Crippen molar-refractivity contribution in [1.29, 1.82) is 5.26 Å². The summed E-state index contributed by atoms with van der Waals surface area (Å²) in [7, 11) is 0. The molecule has 1 aliphatic carbocycles. The second-order valence-electron chi connectivity index (χ2n) is 5.97. The predicted molar refractivity (Wildman–Crippen MR) is 70.8 cm³/mol. The molecule has 1 atom stereocenters. The van der Waals surface area contributed by atoms with Crippen molar-refractivity contribution in [1.82, 2.24) is 0 Å². The first-order valence-corrected chi connectivity index (χ1v) is 6.22. The van der Waals surface area contributed by atoms with Crippen molar-refractivity contribution in [2.75, 3.05) is 5.32 Å². The molecule has 0 spiro atoms. The van der Waals surface area contributed by atoms with Gasteiger partial charge in [0.15, 0.2) is 0 Å². The molecule has 2 heteroatoms. The van der Waals surface area contributed by atoms with Crippen LogP contribution in [-0.4, -0.2) is 5.54 Å². The Bertz CT molecular complexity index is 456. The van der Waals surface area contributed by atoms with Crippen LogP contribution in [0.15, 0.2) is 24.3 Å². The Morgan fingerprint density at radius 1 is 1.24 bits per heavy atom. The average Bonchev–Trinajstić information content (AvgIpc) is 2.59. The summed E-state index contributed by atoms with van der Waals surface area (Å²) in [5, 5.41) is 13.0. The molecule has 2 nitrogen and oxygen atoms in total. The fourth-order valence-electron chi connectivity index (χ4n) is 2.75. The summed E-state index contributed by atoms with van der Waals surface area (Å²) in [4.78, 5) is 0. The van der Waals surface area contributed by atoms with Gasteiger partial charge in [0.1, 0.15) is 5.54 Å². The summed E-state index contributed by atoms with van der Waals surface area (Å²) < 4.78 is 0. The van der Waals surface area contributed by atoms with Crippen LogP contribution in [0, 0.1) is 23.7 Å². The molecule has 1 saturated carbocycles. The van der Waals surface area contributed by atoms with Crippen LogP contribution in [0.3, 0.4) is 0 Å². The van der Waals surface area contributed by atoms with Crippen LogP contribution in [-0.2, 0) is 0 Å². The zero-order chi connectivity index (χ0) is 12.5. The number of aryl methyl sites for hydroxylation is 1. The molecule has 0 heterocycles. The van der Waals surface area contributed by atoms with Crippen molar-refractivity contribution >= 4 is 5.69 Å². The molecule has 1 aromatic carbocycles. The molecule has 0 aliphatic heterocycles. The van der Waals surface area contributed by atoms with E-state index in [1.807, 2.05) is 12.1 Å². The zero-order valence-electron chi connectivity index (χ0n) is 10.9. The molecule has 0 bridgehead atoms. The molecular weight excluding hydrogens is 208 g/mol. The van der Waals surface area contributed by atoms with Crippen LogP contribution in [0.2, 0.25) is 0 Å². The highest BCUT2D eigenvalue weighted by Gasteiger charge is 2.43. The maximum Gasteiger partial charge on any atom is 0.125 e. The molecule has 1 fully saturated rings. The molecule has 90 valence electrons. The van der Waals surface area contributed by atoms with E-state index >= 15 is 0 Å².